The van der Waals surface area contributed by atoms with Crippen LogP contribution < -0.4 is 0 Å². The molecule has 0 amide bonds. The van der Waals surface area contributed by atoms with Crippen molar-refractivity contribution in [2.45, 2.75) is 25.6 Å². The van der Waals surface area contributed by atoms with E-state index in [-0.39, 0.29) is 0 Å². The first-order valence-corrected chi connectivity index (χ1v) is 2.96. The zero-order chi connectivity index (χ0) is 5.44. The summed E-state index contributed by atoms with van der Waals surface area (Å²) in [5, 5.41) is 0.361. The minimum absolute atomic E-state index is 0.361. The van der Waals surface area contributed by atoms with Gasteiger partial charge in [0.25, 0.3) is 0 Å². The van der Waals surface area contributed by atoms with Gasteiger partial charge in [0.2, 0.25) is 0 Å². The predicted molar refractivity (Wildman–Crippen MR) is 32.6 cm³/mol. The van der Waals surface area contributed by atoms with E-state index in [0.29, 0.717) is 5.38 Å². The molecule has 0 N–H and O–H groups in total. The SMILES string of the molecule is CC1=C(C)C(Cl)C1. The minimum atomic E-state index is 0.361. The number of allylic oxidation sites excluding steroid dienone is 2. The fraction of sp³-hybridized carbons (Fsp3) is 0.667. The lowest BCUT2D eigenvalue weighted by Crippen LogP contribution is -2.13. The summed E-state index contributed by atoms with van der Waals surface area (Å²) >= 11 is 5.74. The summed E-state index contributed by atoms with van der Waals surface area (Å²) in [7, 11) is 0. The average Bonchev–Trinajstić information content (AvgIpc) is 1.68. The van der Waals surface area contributed by atoms with Crippen molar-refractivity contribution in [2.75, 3.05) is 0 Å². The second-order valence-corrected chi connectivity index (χ2v) is 2.66. The number of rotatable bonds is 0. The Labute approximate surface area is 49.2 Å². The molecule has 1 atom stereocenters. The van der Waals surface area contributed by atoms with E-state index in [2.05, 4.69) is 13.8 Å². The average molecular weight is 117 g/mol. The molecule has 1 aliphatic carbocycles. The quantitative estimate of drug-likeness (QED) is 0.337. The Bertz CT molecular complexity index is 113. The maximum absolute atomic E-state index is 5.74. The maximum atomic E-state index is 5.74. The summed E-state index contributed by atoms with van der Waals surface area (Å²) in [6.45, 7) is 4.23. The normalized spacial score (nSPS) is 30.4. The van der Waals surface area contributed by atoms with Crippen LogP contribution in [0.5, 0.6) is 0 Å². The van der Waals surface area contributed by atoms with Gasteiger partial charge in [-0.05, 0) is 20.3 Å². The Kier molecular flexibility index (Phi) is 1.12. The second kappa shape index (κ2) is 1.52. The molecule has 0 nitrogen and oxygen atoms in total. The summed E-state index contributed by atoms with van der Waals surface area (Å²) in [6.07, 6.45) is 1.10. The van der Waals surface area contributed by atoms with Gasteiger partial charge in [-0.2, -0.15) is 0 Å². The fourth-order valence-electron chi connectivity index (χ4n) is 0.719. The van der Waals surface area contributed by atoms with Gasteiger partial charge >= 0.3 is 0 Å². The van der Waals surface area contributed by atoms with Gasteiger partial charge < -0.3 is 0 Å². The molecular formula is C6H9Cl. The fourth-order valence-corrected chi connectivity index (χ4v) is 1.14. The Morgan fingerprint density at radius 3 is 2.14 bits per heavy atom. The highest BCUT2D eigenvalue weighted by atomic mass is 35.5. The summed E-state index contributed by atoms with van der Waals surface area (Å²) in [5.74, 6) is 0. The summed E-state index contributed by atoms with van der Waals surface area (Å²) in [6, 6.07) is 0. The number of alkyl halides is 1. The second-order valence-electron chi connectivity index (χ2n) is 2.14. The maximum Gasteiger partial charge on any atom is 0.0582 e. The number of hydrogen-bond donors (Lipinski definition) is 0. The highest BCUT2D eigenvalue weighted by molar-refractivity contribution is 6.23. The van der Waals surface area contributed by atoms with Crippen LogP contribution in [0.2, 0.25) is 0 Å². The Hall–Kier alpha value is 0.0300. The molecule has 40 valence electrons. The van der Waals surface area contributed by atoms with Crippen LogP contribution >= 0.6 is 11.6 Å². The van der Waals surface area contributed by atoms with Gasteiger partial charge in [-0.3, -0.25) is 0 Å². The standard InChI is InChI=1S/C6H9Cl/c1-4-3-6(7)5(4)2/h6H,3H2,1-2H3. The smallest absolute Gasteiger partial charge is 0.0582 e. The first-order chi connectivity index (χ1) is 3.22. The van der Waals surface area contributed by atoms with E-state index in [1.165, 1.54) is 11.1 Å². The Morgan fingerprint density at radius 2 is 2.14 bits per heavy atom. The Morgan fingerprint density at radius 1 is 1.57 bits per heavy atom. The molecule has 0 aromatic rings. The molecule has 0 radical (unpaired) electrons. The van der Waals surface area contributed by atoms with Crippen molar-refractivity contribution in [3.05, 3.63) is 11.1 Å². The van der Waals surface area contributed by atoms with Gasteiger partial charge in [-0.25, -0.2) is 0 Å². The van der Waals surface area contributed by atoms with Gasteiger partial charge in [-0.1, -0.05) is 11.1 Å². The molecule has 1 unspecified atom stereocenters. The molecule has 1 rings (SSSR count). The number of halogens is 1. The van der Waals surface area contributed by atoms with Crippen LogP contribution in [0.4, 0.5) is 0 Å². The monoisotopic (exact) mass is 116 g/mol. The predicted octanol–water partition coefficient (Wildman–Crippen LogP) is 2.33. The molecule has 0 aromatic carbocycles. The molecule has 1 heteroatoms. The summed E-state index contributed by atoms with van der Waals surface area (Å²) < 4.78 is 0. The van der Waals surface area contributed by atoms with Gasteiger partial charge in [-0.15, -0.1) is 11.6 Å². The zero-order valence-electron chi connectivity index (χ0n) is 4.66. The van der Waals surface area contributed by atoms with Gasteiger partial charge in [0, 0.05) is 0 Å². The topological polar surface area (TPSA) is 0 Å². The van der Waals surface area contributed by atoms with Crippen LogP contribution in [0.3, 0.4) is 0 Å². The van der Waals surface area contributed by atoms with Crippen LogP contribution in [0.25, 0.3) is 0 Å². The van der Waals surface area contributed by atoms with Gasteiger partial charge in [0.1, 0.15) is 0 Å². The molecule has 0 saturated heterocycles. The van der Waals surface area contributed by atoms with E-state index in [9.17, 15) is 0 Å². The zero-order valence-corrected chi connectivity index (χ0v) is 5.42. The van der Waals surface area contributed by atoms with Crippen LogP contribution in [-0.2, 0) is 0 Å². The first kappa shape index (κ1) is 5.17. The Balaban J connectivity index is 2.65. The van der Waals surface area contributed by atoms with E-state index < -0.39 is 0 Å². The molecule has 0 heterocycles. The van der Waals surface area contributed by atoms with Crippen molar-refractivity contribution < 1.29 is 0 Å². The highest BCUT2D eigenvalue weighted by Crippen LogP contribution is 2.31. The molecular weight excluding hydrogens is 108 g/mol. The van der Waals surface area contributed by atoms with Gasteiger partial charge in [0.05, 0.1) is 5.38 Å². The first-order valence-electron chi connectivity index (χ1n) is 2.52. The lowest BCUT2D eigenvalue weighted by molar-refractivity contribution is 0.809. The van der Waals surface area contributed by atoms with Crippen LogP contribution in [-0.4, -0.2) is 5.38 Å². The van der Waals surface area contributed by atoms with Crippen molar-refractivity contribution in [2.24, 2.45) is 0 Å². The van der Waals surface area contributed by atoms with Crippen molar-refractivity contribution >= 4 is 11.6 Å². The molecule has 0 aliphatic heterocycles. The molecule has 0 saturated carbocycles. The van der Waals surface area contributed by atoms with Gasteiger partial charge in [0.15, 0.2) is 0 Å². The molecule has 1 aliphatic rings. The van der Waals surface area contributed by atoms with E-state index >= 15 is 0 Å². The summed E-state index contributed by atoms with van der Waals surface area (Å²) in [5.41, 5.74) is 2.85. The lowest BCUT2D eigenvalue weighted by atomic mass is 9.91. The van der Waals surface area contributed by atoms with Crippen LogP contribution in [0.15, 0.2) is 11.1 Å². The molecule has 0 aromatic heterocycles. The van der Waals surface area contributed by atoms with Crippen LogP contribution in [0, 0.1) is 0 Å². The summed E-state index contributed by atoms with van der Waals surface area (Å²) in [4.78, 5) is 0. The molecule has 0 spiro atoms. The third-order valence-corrected chi connectivity index (χ3v) is 2.11. The van der Waals surface area contributed by atoms with E-state index in [4.69, 9.17) is 11.6 Å². The number of hydrogen-bond acceptors (Lipinski definition) is 0. The van der Waals surface area contributed by atoms with Crippen LogP contribution in [0.1, 0.15) is 20.3 Å². The van der Waals surface area contributed by atoms with Crippen molar-refractivity contribution in [3.63, 3.8) is 0 Å². The third kappa shape index (κ3) is 0.677. The molecule has 0 bridgehead atoms. The van der Waals surface area contributed by atoms with Crippen molar-refractivity contribution in [1.29, 1.82) is 0 Å². The minimum Gasteiger partial charge on any atom is -0.118 e. The van der Waals surface area contributed by atoms with E-state index in [1.807, 2.05) is 0 Å². The van der Waals surface area contributed by atoms with Crippen molar-refractivity contribution in [3.8, 4) is 0 Å². The third-order valence-electron chi connectivity index (χ3n) is 1.63. The lowest BCUT2D eigenvalue weighted by Gasteiger charge is -2.23. The largest absolute Gasteiger partial charge is 0.118 e. The highest BCUT2D eigenvalue weighted by Gasteiger charge is 2.19. The molecule has 0 fully saturated rings. The van der Waals surface area contributed by atoms with E-state index in [0.717, 1.165) is 6.42 Å². The molecule has 7 heavy (non-hydrogen) atoms. The van der Waals surface area contributed by atoms with E-state index in [1.54, 1.807) is 0 Å². The van der Waals surface area contributed by atoms with Crippen molar-refractivity contribution in [1.82, 2.24) is 0 Å².